The number of hydrogen-bond donors (Lipinski definition) is 3. The van der Waals surface area contributed by atoms with Crippen LogP contribution in [0.5, 0.6) is 0 Å². The van der Waals surface area contributed by atoms with E-state index in [1.54, 1.807) is 6.92 Å². The number of hydrogen-bond acceptors (Lipinski definition) is 4. The van der Waals surface area contributed by atoms with Crippen molar-refractivity contribution < 1.29 is 28.7 Å². The Morgan fingerprint density at radius 3 is 2.62 bits per heavy atom. The van der Waals surface area contributed by atoms with Crippen molar-refractivity contribution in [2.75, 3.05) is 6.61 Å². The second-order valence-electron chi connectivity index (χ2n) is 3.05. The Labute approximate surface area is 75.7 Å². The van der Waals surface area contributed by atoms with Crippen LogP contribution in [0.2, 0.25) is 0 Å². The minimum Gasteiger partial charge on any atom is -0.390 e. The molecule has 0 aromatic carbocycles. The quantitative estimate of drug-likeness (QED) is 0.552. The summed E-state index contributed by atoms with van der Waals surface area (Å²) in [6.07, 6.45) is -0.963. The van der Waals surface area contributed by atoms with Gasteiger partial charge < -0.3 is 19.6 Å². The highest BCUT2D eigenvalue weighted by atomic mass is 31.2. The lowest BCUT2D eigenvalue weighted by molar-refractivity contribution is 0.000318. The fourth-order valence-corrected chi connectivity index (χ4v) is 1.56. The van der Waals surface area contributed by atoms with Gasteiger partial charge in [-0.15, -0.1) is 0 Å². The Kier molecular flexibility index (Phi) is 3.45. The maximum Gasteiger partial charge on any atom is 0.469 e. The summed E-state index contributed by atoms with van der Waals surface area (Å²) >= 11 is 0. The van der Waals surface area contributed by atoms with Gasteiger partial charge in [0.05, 0.1) is 24.9 Å². The van der Waals surface area contributed by atoms with Gasteiger partial charge in [0.2, 0.25) is 0 Å². The van der Waals surface area contributed by atoms with E-state index >= 15 is 0 Å². The smallest absolute Gasteiger partial charge is 0.390 e. The van der Waals surface area contributed by atoms with Crippen LogP contribution in [0.15, 0.2) is 0 Å². The van der Waals surface area contributed by atoms with Gasteiger partial charge in [-0.3, -0.25) is 4.52 Å². The predicted octanol–water partition coefficient (Wildman–Crippen LogP) is -0.366. The molecule has 78 valence electrons. The molecule has 13 heavy (non-hydrogen) atoms. The summed E-state index contributed by atoms with van der Waals surface area (Å²) in [5.41, 5.74) is 0. The van der Waals surface area contributed by atoms with Gasteiger partial charge in [0, 0.05) is 6.42 Å². The van der Waals surface area contributed by atoms with Gasteiger partial charge in [-0.05, 0) is 6.92 Å². The van der Waals surface area contributed by atoms with Gasteiger partial charge in [-0.25, -0.2) is 4.57 Å². The molecule has 0 spiro atoms. The van der Waals surface area contributed by atoms with Crippen LogP contribution in [0.4, 0.5) is 0 Å². The number of rotatable bonds is 3. The van der Waals surface area contributed by atoms with E-state index < -0.39 is 20.0 Å². The van der Waals surface area contributed by atoms with Crippen molar-refractivity contribution in [1.29, 1.82) is 0 Å². The zero-order valence-corrected chi connectivity index (χ0v) is 8.05. The molecule has 2 unspecified atom stereocenters. The van der Waals surface area contributed by atoms with Crippen LogP contribution in [0.25, 0.3) is 0 Å². The van der Waals surface area contributed by atoms with Crippen LogP contribution in [-0.2, 0) is 13.8 Å². The Balaban J connectivity index is 2.29. The maximum absolute atomic E-state index is 10.3. The molecule has 0 bridgehead atoms. The van der Waals surface area contributed by atoms with E-state index in [0.717, 1.165) is 0 Å². The standard InChI is InChI=1S/C6H13O6P/c1-4-6(7)2-5(12-4)3-11-13(8,9)10/h4-7H,2-3H2,1H3,(H2,8,9,10)/t4?,5-,6?/m0/s1. The zero-order valence-electron chi connectivity index (χ0n) is 7.16. The molecule has 0 radical (unpaired) electrons. The Morgan fingerprint density at radius 2 is 2.23 bits per heavy atom. The second-order valence-corrected chi connectivity index (χ2v) is 4.29. The third-order valence-corrected chi connectivity index (χ3v) is 2.37. The van der Waals surface area contributed by atoms with Crippen molar-refractivity contribution >= 4 is 7.82 Å². The largest absolute Gasteiger partial charge is 0.469 e. The average molecular weight is 212 g/mol. The number of aliphatic hydroxyl groups is 1. The lowest BCUT2D eigenvalue weighted by atomic mass is 10.2. The van der Waals surface area contributed by atoms with E-state index in [1.807, 2.05) is 0 Å². The molecule has 1 fully saturated rings. The predicted molar refractivity (Wildman–Crippen MR) is 43.0 cm³/mol. The van der Waals surface area contributed by atoms with E-state index in [0.29, 0.717) is 6.42 Å². The number of phosphoric ester groups is 1. The Hall–Kier alpha value is 0.0300. The van der Waals surface area contributed by atoms with E-state index in [9.17, 15) is 9.67 Å². The topological polar surface area (TPSA) is 96.2 Å². The molecule has 0 aliphatic carbocycles. The molecule has 1 rings (SSSR count). The van der Waals surface area contributed by atoms with Crippen LogP contribution in [0, 0.1) is 0 Å². The minimum absolute atomic E-state index is 0.189. The fraction of sp³-hybridized carbons (Fsp3) is 1.00. The minimum atomic E-state index is -4.42. The number of ether oxygens (including phenoxy) is 1. The summed E-state index contributed by atoms with van der Waals surface area (Å²) in [6, 6.07) is 0. The first-order valence-corrected chi connectivity index (χ1v) is 5.45. The Morgan fingerprint density at radius 1 is 1.62 bits per heavy atom. The van der Waals surface area contributed by atoms with Crippen LogP contribution >= 0.6 is 7.82 Å². The molecule has 3 N–H and O–H groups in total. The molecule has 7 heteroatoms. The molecular weight excluding hydrogens is 199 g/mol. The summed E-state index contributed by atoms with van der Waals surface area (Å²) in [6.45, 7) is 1.51. The van der Waals surface area contributed by atoms with E-state index in [4.69, 9.17) is 14.5 Å². The summed E-state index contributed by atoms with van der Waals surface area (Å²) in [5, 5.41) is 9.22. The Bertz CT molecular complexity index is 203. The molecule has 1 aliphatic heterocycles. The van der Waals surface area contributed by atoms with Crippen molar-refractivity contribution in [1.82, 2.24) is 0 Å². The highest BCUT2D eigenvalue weighted by molar-refractivity contribution is 7.46. The molecule has 0 amide bonds. The maximum atomic E-state index is 10.3. The van der Waals surface area contributed by atoms with Crippen molar-refractivity contribution in [3.8, 4) is 0 Å². The molecule has 1 heterocycles. The van der Waals surface area contributed by atoms with Gasteiger partial charge in [0.1, 0.15) is 0 Å². The van der Waals surface area contributed by atoms with Crippen molar-refractivity contribution in [2.24, 2.45) is 0 Å². The molecule has 6 nitrogen and oxygen atoms in total. The summed E-state index contributed by atoms with van der Waals surface area (Å²) in [4.78, 5) is 16.8. The molecular formula is C6H13O6P. The monoisotopic (exact) mass is 212 g/mol. The van der Waals surface area contributed by atoms with Crippen molar-refractivity contribution in [2.45, 2.75) is 31.7 Å². The molecule has 1 saturated heterocycles. The first-order chi connectivity index (χ1) is 5.88. The van der Waals surface area contributed by atoms with Crippen molar-refractivity contribution in [3.05, 3.63) is 0 Å². The van der Waals surface area contributed by atoms with Gasteiger partial charge in [-0.1, -0.05) is 0 Å². The highest BCUT2D eigenvalue weighted by Crippen LogP contribution is 2.36. The summed E-state index contributed by atoms with van der Waals surface area (Å²) in [7, 11) is -4.42. The van der Waals surface area contributed by atoms with Crippen LogP contribution in [0.1, 0.15) is 13.3 Å². The van der Waals surface area contributed by atoms with Crippen LogP contribution in [0.3, 0.4) is 0 Å². The SMILES string of the molecule is CC1O[C@H](COP(=O)(O)O)CC1O. The molecule has 0 aromatic heterocycles. The summed E-state index contributed by atoms with van der Waals surface area (Å²) in [5.74, 6) is 0. The fourth-order valence-electron chi connectivity index (χ4n) is 1.20. The average Bonchev–Trinajstić information content (AvgIpc) is 2.27. The van der Waals surface area contributed by atoms with Crippen molar-refractivity contribution in [3.63, 3.8) is 0 Å². The first-order valence-electron chi connectivity index (χ1n) is 3.92. The third kappa shape index (κ3) is 3.72. The van der Waals surface area contributed by atoms with Crippen LogP contribution < -0.4 is 0 Å². The van der Waals surface area contributed by atoms with Gasteiger partial charge >= 0.3 is 7.82 Å². The summed E-state index contributed by atoms with van der Waals surface area (Å²) < 4.78 is 19.7. The molecule has 0 aromatic rings. The molecule has 3 atom stereocenters. The zero-order chi connectivity index (χ0) is 10.1. The molecule has 0 saturated carbocycles. The lowest BCUT2D eigenvalue weighted by Gasteiger charge is -2.11. The normalized spacial score (nSPS) is 35.2. The molecule has 1 aliphatic rings. The van der Waals surface area contributed by atoms with Gasteiger partial charge in [0.25, 0.3) is 0 Å². The first kappa shape index (κ1) is 11.1. The third-order valence-electron chi connectivity index (χ3n) is 1.88. The van der Waals surface area contributed by atoms with E-state index in [-0.39, 0.29) is 12.7 Å². The number of aliphatic hydroxyl groups excluding tert-OH is 1. The van der Waals surface area contributed by atoms with E-state index in [2.05, 4.69) is 4.52 Å². The van der Waals surface area contributed by atoms with Gasteiger partial charge in [0.15, 0.2) is 0 Å². The number of phosphoric acid groups is 1. The lowest BCUT2D eigenvalue weighted by Crippen LogP contribution is -2.16. The second kappa shape index (κ2) is 4.04. The highest BCUT2D eigenvalue weighted by Gasteiger charge is 2.32. The van der Waals surface area contributed by atoms with Crippen LogP contribution in [-0.4, -0.2) is 39.8 Å². The van der Waals surface area contributed by atoms with E-state index in [1.165, 1.54) is 0 Å². The van der Waals surface area contributed by atoms with Gasteiger partial charge in [-0.2, -0.15) is 0 Å².